The lowest BCUT2D eigenvalue weighted by Crippen LogP contribution is -2.40. The minimum absolute atomic E-state index is 0.264. The average Bonchev–Trinajstić information content (AvgIpc) is 2.81. The van der Waals surface area contributed by atoms with Gasteiger partial charge in [0, 0.05) is 31.9 Å². The number of morpholine rings is 1. The summed E-state index contributed by atoms with van der Waals surface area (Å²) >= 11 is 5.52. The van der Waals surface area contributed by atoms with Gasteiger partial charge >= 0.3 is 0 Å². The third-order valence-electron chi connectivity index (χ3n) is 5.55. The van der Waals surface area contributed by atoms with Crippen molar-refractivity contribution in [3.8, 4) is 0 Å². The number of nitrogens with zero attached hydrogens (tertiary/aromatic N) is 2. The van der Waals surface area contributed by atoms with Gasteiger partial charge in [-0.25, -0.2) is 8.42 Å². The Morgan fingerprint density at radius 1 is 0.903 bits per heavy atom. The smallest absolute Gasteiger partial charge is 0.243 e. The summed E-state index contributed by atoms with van der Waals surface area (Å²) in [6.07, 6.45) is 3.47. The van der Waals surface area contributed by atoms with Gasteiger partial charge in [-0.3, -0.25) is 0 Å². The first-order chi connectivity index (χ1) is 15.0. The lowest BCUT2D eigenvalue weighted by atomic mass is 10.1. The number of nitrogens with one attached hydrogen (secondary N) is 2. The Bertz CT molecular complexity index is 1000. The molecule has 2 saturated heterocycles. The highest BCUT2D eigenvalue weighted by Crippen LogP contribution is 2.32. The van der Waals surface area contributed by atoms with E-state index in [1.165, 1.54) is 10.7 Å². The van der Waals surface area contributed by atoms with Crippen molar-refractivity contribution >= 4 is 44.4 Å². The molecule has 0 spiro atoms. The molecular weight excluding hydrogens is 432 g/mol. The van der Waals surface area contributed by atoms with Crippen molar-refractivity contribution in [1.29, 1.82) is 0 Å². The first-order valence-corrected chi connectivity index (χ1v) is 12.5. The van der Waals surface area contributed by atoms with Gasteiger partial charge in [-0.15, -0.1) is 0 Å². The molecule has 2 aliphatic heterocycles. The zero-order valence-corrected chi connectivity index (χ0v) is 19.1. The molecule has 0 radical (unpaired) electrons. The highest BCUT2D eigenvalue weighted by molar-refractivity contribution is 7.89. The summed E-state index contributed by atoms with van der Waals surface area (Å²) in [4.78, 5) is 2.56. The molecule has 4 rings (SSSR count). The van der Waals surface area contributed by atoms with Gasteiger partial charge < -0.3 is 20.3 Å². The van der Waals surface area contributed by atoms with Crippen LogP contribution in [-0.4, -0.2) is 57.2 Å². The molecule has 2 aliphatic rings. The number of rotatable bonds is 5. The van der Waals surface area contributed by atoms with Crippen molar-refractivity contribution < 1.29 is 13.2 Å². The van der Waals surface area contributed by atoms with E-state index in [0.717, 1.165) is 37.3 Å². The number of hydrogen-bond acceptors (Lipinski definition) is 5. The van der Waals surface area contributed by atoms with Crippen LogP contribution in [0.2, 0.25) is 0 Å². The number of para-hydroxylation sites is 1. The Hall–Kier alpha value is -2.20. The Morgan fingerprint density at radius 3 is 2.32 bits per heavy atom. The highest BCUT2D eigenvalue weighted by Gasteiger charge is 2.27. The van der Waals surface area contributed by atoms with Crippen LogP contribution in [0.1, 0.15) is 19.3 Å². The first-order valence-electron chi connectivity index (χ1n) is 10.6. The van der Waals surface area contributed by atoms with Crippen molar-refractivity contribution in [2.24, 2.45) is 0 Å². The zero-order chi connectivity index (χ0) is 21.7. The van der Waals surface area contributed by atoms with E-state index in [0.29, 0.717) is 37.1 Å². The molecule has 0 atom stereocenters. The fraction of sp³-hybridized carbons (Fsp3) is 0.409. The molecule has 2 heterocycles. The Morgan fingerprint density at radius 2 is 1.61 bits per heavy atom. The lowest BCUT2D eigenvalue weighted by Gasteiger charge is -2.31. The number of piperidine rings is 1. The summed E-state index contributed by atoms with van der Waals surface area (Å²) in [5.41, 5.74) is 2.54. The molecule has 0 unspecified atom stereocenters. The van der Waals surface area contributed by atoms with Gasteiger partial charge in [0.2, 0.25) is 10.0 Å². The van der Waals surface area contributed by atoms with Crippen LogP contribution in [0.15, 0.2) is 53.4 Å². The monoisotopic (exact) mass is 460 g/mol. The summed E-state index contributed by atoms with van der Waals surface area (Å²) in [6.45, 7) is 3.47. The van der Waals surface area contributed by atoms with E-state index < -0.39 is 10.0 Å². The molecule has 2 fully saturated rings. The number of hydrogen-bond donors (Lipinski definition) is 2. The van der Waals surface area contributed by atoms with E-state index >= 15 is 0 Å². The van der Waals surface area contributed by atoms with Gasteiger partial charge in [0.05, 0.1) is 29.5 Å². The maximum absolute atomic E-state index is 13.2. The van der Waals surface area contributed by atoms with Crippen LogP contribution in [0.4, 0.5) is 17.1 Å². The van der Waals surface area contributed by atoms with Crippen LogP contribution in [0.3, 0.4) is 0 Å². The molecule has 9 heteroatoms. The number of sulfonamides is 1. The van der Waals surface area contributed by atoms with E-state index in [4.69, 9.17) is 17.0 Å². The van der Waals surface area contributed by atoms with E-state index in [1.807, 2.05) is 36.4 Å². The van der Waals surface area contributed by atoms with E-state index in [9.17, 15) is 8.42 Å². The normalized spacial score (nSPS) is 17.9. The first kappa shape index (κ1) is 22.0. The van der Waals surface area contributed by atoms with Gasteiger partial charge in [0.1, 0.15) is 0 Å². The van der Waals surface area contributed by atoms with Crippen molar-refractivity contribution in [3.63, 3.8) is 0 Å². The van der Waals surface area contributed by atoms with Crippen LogP contribution in [0.25, 0.3) is 0 Å². The second kappa shape index (κ2) is 9.95. The topological polar surface area (TPSA) is 73.9 Å². The molecule has 7 nitrogen and oxygen atoms in total. The maximum atomic E-state index is 13.2. The quantitative estimate of drug-likeness (QED) is 0.662. The van der Waals surface area contributed by atoms with E-state index in [1.54, 1.807) is 12.1 Å². The van der Waals surface area contributed by atoms with Gasteiger partial charge in [0.25, 0.3) is 0 Å². The van der Waals surface area contributed by atoms with Crippen LogP contribution < -0.4 is 15.5 Å². The van der Waals surface area contributed by atoms with Crippen molar-refractivity contribution in [3.05, 3.63) is 48.5 Å². The van der Waals surface area contributed by atoms with Gasteiger partial charge in [-0.1, -0.05) is 18.2 Å². The molecule has 0 amide bonds. The predicted octanol–water partition coefficient (Wildman–Crippen LogP) is 3.51. The van der Waals surface area contributed by atoms with Crippen molar-refractivity contribution in [1.82, 2.24) is 4.31 Å². The standard InChI is InChI=1S/C22H28N4O3S2/c27-31(28,26-13-15-29-16-14-26)19-9-10-21(25-11-5-2-6-12-25)20(17-19)24-22(30)23-18-7-3-1-4-8-18/h1,3-4,7-10,17H,2,5-6,11-16H2,(H2,23,24,30). The Labute approximate surface area is 189 Å². The van der Waals surface area contributed by atoms with Gasteiger partial charge in [-0.05, 0) is 61.8 Å². The maximum Gasteiger partial charge on any atom is 0.243 e. The van der Waals surface area contributed by atoms with E-state index in [2.05, 4.69) is 15.5 Å². The van der Waals surface area contributed by atoms with Crippen LogP contribution in [-0.2, 0) is 14.8 Å². The molecule has 0 aliphatic carbocycles. The number of ether oxygens (including phenoxy) is 1. The molecule has 2 N–H and O–H groups in total. The van der Waals surface area contributed by atoms with Crippen LogP contribution >= 0.6 is 12.2 Å². The SMILES string of the molecule is O=S(=O)(c1ccc(N2CCCCC2)c(NC(=S)Nc2ccccc2)c1)N1CCOCC1. The number of anilines is 3. The second-order valence-electron chi connectivity index (χ2n) is 7.69. The predicted molar refractivity (Wildman–Crippen MR) is 128 cm³/mol. The summed E-state index contributed by atoms with van der Waals surface area (Å²) in [5, 5.41) is 6.83. The minimum atomic E-state index is -3.60. The highest BCUT2D eigenvalue weighted by atomic mass is 32.2. The van der Waals surface area contributed by atoms with Crippen molar-refractivity contribution in [2.45, 2.75) is 24.2 Å². The lowest BCUT2D eigenvalue weighted by molar-refractivity contribution is 0.0730. The zero-order valence-electron chi connectivity index (χ0n) is 17.4. The molecule has 2 aromatic rings. The average molecular weight is 461 g/mol. The third kappa shape index (κ3) is 5.35. The minimum Gasteiger partial charge on any atom is -0.379 e. The van der Waals surface area contributed by atoms with E-state index in [-0.39, 0.29) is 4.90 Å². The Kier molecular flexibility index (Phi) is 7.06. The largest absolute Gasteiger partial charge is 0.379 e. The summed E-state index contributed by atoms with van der Waals surface area (Å²) in [7, 11) is -3.60. The fourth-order valence-corrected chi connectivity index (χ4v) is 5.59. The molecule has 31 heavy (non-hydrogen) atoms. The molecular formula is C22H28N4O3S2. The van der Waals surface area contributed by atoms with Crippen LogP contribution in [0, 0.1) is 0 Å². The molecule has 166 valence electrons. The molecule has 0 aromatic heterocycles. The number of thiocarbonyl (C=S) groups is 1. The molecule has 2 aromatic carbocycles. The van der Waals surface area contributed by atoms with Crippen molar-refractivity contribution in [2.75, 3.05) is 54.9 Å². The third-order valence-corrected chi connectivity index (χ3v) is 7.65. The van der Waals surface area contributed by atoms with Gasteiger partial charge in [-0.2, -0.15) is 4.31 Å². The number of benzene rings is 2. The van der Waals surface area contributed by atoms with Crippen LogP contribution in [0.5, 0.6) is 0 Å². The molecule has 0 bridgehead atoms. The molecule has 0 saturated carbocycles. The summed E-state index contributed by atoms with van der Waals surface area (Å²) in [6, 6.07) is 15.0. The summed E-state index contributed by atoms with van der Waals surface area (Å²) < 4.78 is 33.2. The second-order valence-corrected chi connectivity index (χ2v) is 10.0. The van der Waals surface area contributed by atoms with Gasteiger partial charge in [0.15, 0.2) is 5.11 Å². The summed E-state index contributed by atoms with van der Waals surface area (Å²) in [5.74, 6) is 0. The fourth-order valence-electron chi connectivity index (χ4n) is 3.93. The Balaban J connectivity index is 1.62.